The van der Waals surface area contributed by atoms with Crippen molar-refractivity contribution in [1.29, 1.82) is 5.26 Å². The first-order chi connectivity index (χ1) is 9.69. The number of amides is 1. The van der Waals surface area contributed by atoms with E-state index in [4.69, 9.17) is 14.4 Å². The van der Waals surface area contributed by atoms with Crippen LogP contribution in [0.2, 0.25) is 0 Å². The molecule has 6 nitrogen and oxygen atoms in total. The molecule has 100 valence electrons. The van der Waals surface area contributed by atoms with E-state index in [0.717, 1.165) is 0 Å². The quantitative estimate of drug-likeness (QED) is 0.857. The highest BCUT2D eigenvalue weighted by Gasteiger charge is 2.12. The predicted octanol–water partition coefficient (Wildman–Crippen LogP) is 1.95. The third kappa shape index (κ3) is 3.46. The van der Waals surface area contributed by atoms with Gasteiger partial charge >= 0.3 is 5.97 Å². The Morgan fingerprint density at radius 3 is 2.85 bits per heavy atom. The number of hydrogen-bond donors (Lipinski definition) is 1. The van der Waals surface area contributed by atoms with Crippen LogP contribution in [-0.4, -0.2) is 18.5 Å². The fourth-order valence-electron chi connectivity index (χ4n) is 1.46. The molecule has 0 spiro atoms. The lowest BCUT2D eigenvalue weighted by molar-refractivity contribution is -0.119. The SMILES string of the molecule is N#Cc1cccc(NC(=O)COC(=O)c2ccco2)c1. The minimum atomic E-state index is -0.712. The van der Waals surface area contributed by atoms with Gasteiger partial charge in [0.05, 0.1) is 17.9 Å². The highest BCUT2D eigenvalue weighted by Crippen LogP contribution is 2.09. The number of rotatable bonds is 4. The van der Waals surface area contributed by atoms with Gasteiger partial charge in [0.25, 0.3) is 5.91 Å². The Balaban J connectivity index is 1.86. The molecule has 1 N–H and O–H groups in total. The fraction of sp³-hybridized carbons (Fsp3) is 0.0714. The minimum absolute atomic E-state index is 0.0317. The molecule has 0 saturated heterocycles. The van der Waals surface area contributed by atoms with Crippen molar-refractivity contribution in [2.75, 3.05) is 11.9 Å². The third-order valence-electron chi connectivity index (χ3n) is 2.33. The molecule has 1 amide bonds. The molecule has 0 aliphatic rings. The first kappa shape index (κ1) is 13.4. The first-order valence-electron chi connectivity index (χ1n) is 5.69. The maximum absolute atomic E-state index is 11.6. The molecule has 0 radical (unpaired) electrons. The van der Waals surface area contributed by atoms with Gasteiger partial charge in [-0.25, -0.2) is 4.79 Å². The topological polar surface area (TPSA) is 92.3 Å². The Hall–Kier alpha value is -3.07. The molecular weight excluding hydrogens is 260 g/mol. The Labute approximate surface area is 114 Å². The van der Waals surface area contributed by atoms with E-state index in [1.807, 2.05) is 6.07 Å². The summed E-state index contributed by atoms with van der Waals surface area (Å²) in [5.74, 6) is -1.18. The van der Waals surface area contributed by atoms with Crippen molar-refractivity contribution in [1.82, 2.24) is 0 Å². The smallest absolute Gasteiger partial charge is 0.374 e. The van der Waals surface area contributed by atoms with Crippen LogP contribution in [0.3, 0.4) is 0 Å². The zero-order chi connectivity index (χ0) is 14.4. The molecule has 20 heavy (non-hydrogen) atoms. The lowest BCUT2D eigenvalue weighted by Gasteiger charge is -2.05. The van der Waals surface area contributed by atoms with Crippen molar-refractivity contribution in [3.63, 3.8) is 0 Å². The molecule has 0 bridgehead atoms. The Bertz CT molecular complexity index is 656. The predicted molar refractivity (Wildman–Crippen MR) is 68.8 cm³/mol. The van der Waals surface area contributed by atoms with Crippen LogP contribution in [0, 0.1) is 11.3 Å². The molecular formula is C14H10N2O4. The number of esters is 1. The van der Waals surface area contributed by atoms with Crippen LogP contribution in [0.1, 0.15) is 16.1 Å². The van der Waals surface area contributed by atoms with Gasteiger partial charge in [0.2, 0.25) is 5.76 Å². The van der Waals surface area contributed by atoms with Crippen LogP contribution in [0.25, 0.3) is 0 Å². The van der Waals surface area contributed by atoms with Crippen molar-refractivity contribution in [3.05, 3.63) is 54.0 Å². The summed E-state index contributed by atoms with van der Waals surface area (Å²) < 4.78 is 9.60. The highest BCUT2D eigenvalue weighted by atomic mass is 16.5. The van der Waals surface area contributed by atoms with Crippen molar-refractivity contribution in [2.45, 2.75) is 0 Å². The van der Waals surface area contributed by atoms with Crippen LogP contribution >= 0.6 is 0 Å². The largest absolute Gasteiger partial charge is 0.457 e. The van der Waals surface area contributed by atoms with E-state index in [2.05, 4.69) is 5.32 Å². The number of furan rings is 1. The summed E-state index contributed by atoms with van der Waals surface area (Å²) in [4.78, 5) is 23.0. The second-order valence-electron chi connectivity index (χ2n) is 3.79. The van der Waals surface area contributed by atoms with E-state index in [1.54, 1.807) is 24.3 Å². The molecule has 1 aromatic heterocycles. The molecule has 0 fully saturated rings. The third-order valence-corrected chi connectivity index (χ3v) is 2.33. The normalized spacial score (nSPS) is 9.55. The molecule has 0 saturated carbocycles. The maximum atomic E-state index is 11.6. The number of anilines is 1. The average Bonchev–Trinajstić information content (AvgIpc) is 2.99. The van der Waals surface area contributed by atoms with Gasteiger partial charge in [0, 0.05) is 5.69 Å². The molecule has 0 aliphatic heterocycles. The first-order valence-corrected chi connectivity index (χ1v) is 5.69. The second kappa shape index (κ2) is 6.20. The van der Waals surface area contributed by atoms with Gasteiger partial charge in [-0.05, 0) is 30.3 Å². The summed E-state index contributed by atoms with van der Waals surface area (Å²) in [6.07, 6.45) is 1.34. The Morgan fingerprint density at radius 2 is 2.15 bits per heavy atom. The van der Waals surface area contributed by atoms with Gasteiger partial charge in [0.15, 0.2) is 6.61 Å². The molecule has 1 aromatic carbocycles. The van der Waals surface area contributed by atoms with Crippen LogP contribution in [0.4, 0.5) is 5.69 Å². The molecule has 1 heterocycles. The van der Waals surface area contributed by atoms with Gasteiger partial charge in [0.1, 0.15) is 0 Å². The lowest BCUT2D eigenvalue weighted by atomic mass is 10.2. The Kier molecular flexibility index (Phi) is 4.14. The number of hydrogen-bond acceptors (Lipinski definition) is 5. The monoisotopic (exact) mass is 270 g/mol. The average molecular weight is 270 g/mol. The molecule has 0 aliphatic carbocycles. The summed E-state index contributed by atoms with van der Waals surface area (Å²) in [5, 5.41) is 11.3. The van der Waals surface area contributed by atoms with E-state index >= 15 is 0 Å². The molecule has 2 rings (SSSR count). The molecule has 2 aromatic rings. The summed E-state index contributed by atoms with van der Waals surface area (Å²) in [7, 11) is 0. The summed E-state index contributed by atoms with van der Waals surface area (Å²) >= 11 is 0. The van der Waals surface area contributed by atoms with Crippen LogP contribution in [-0.2, 0) is 9.53 Å². The fourth-order valence-corrected chi connectivity index (χ4v) is 1.46. The number of ether oxygens (including phenoxy) is 1. The van der Waals surface area contributed by atoms with Gasteiger partial charge < -0.3 is 14.5 Å². The van der Waals surface area contributed by atoms with E-state index in [1.165, 1.54) is 18.4 Å². The summed E-state index contributed by atoms with van der Waals surface area (Å²) in [6, 6.07) is 11.4. The van der Waals surface area contributed by atoms with Gasteiger partial charge in [-0.3, -0.25) is 4.79 Å². The van der Waals surface area contributed by atoms with Crippen molar-refractivity contribution in [2.24, 2.45) is 0 Å². The number of nitrogens with one attached hydrogen (secondary N) is 1. The number of benzene rings is 1. The lowest BCUT2D eigenvalue weighted by Crippen LogP contribution is -2.20. The van der Waals surface area contributed by atoms with E-state index in [9.17, 15) is 9.59 Å². The second-order valence-corrected chi connectivity index (χ2v) is 3.79. The molecule has 0 unspecified atom stereocenters. The highest BCUT2D eigenvalue weighted by molar-refractivity contribution is 5.94. The zero-order valence-corrected chi connectivity index (χ0v) is 10.3. The van der Waals surface area contributed by atoms with E-state index in [0.29, 0.717) is 11.3 Å². The number of nitriles is 1. The van der Waals surface area contributed by atoms with Crippen molar-refractivity contribution >= 4 is 17.6 Å². The standard InChI is InChI=1S/C14H10N2O4/c15-8-10-3-1-4-11(7-10)16-13(17)9-20-14(18)12-5-2-6-19-12/h1-7H,9H2,(H,16,17). The van der Waals surface area contributed by atoms with Gasteiger partial charge in [-0.15, -0.1) is 0 Å². The van der Waals surface area contributed by atoms with Crippen molar-refractivity contribution < 1.29 is 18.7 Å². The number of nitrogens with zero attached hydrogens (tertiary/aromatic N) is 1. The van der Waals surface area contributed by atoms with Crippen LogP contribution < -0.4 is 5.32 Å². The number of carbonyl (C=O) groups is 2. The van der Waals surface area contributed by atoms with E-state index < -0.39 is 18.5 Å². The van der Waals surface area contributed by atoms with Gasteiger partial charge in [-0.1, -0.05) is 6.07 Å². The molecule has 0 atom stereocenters. The van der Waals surface area contributed by atoms with Crippen molar-refractivity contribution in [3.8, 4) is 6.07 Å². The van der Waals surface area contributed by atoms with Crippen LogP contribution in [0.15, 0.2) is 47.1 Å². The zero-order valence-electron chi connectivity index (χ0n) is 10.3. The number of carbonyl (C=O) groups excluding carboxylic acids is 2. The van der Waals surface area contributed by atoms with Crippen LogP contribution in [0.5, 0.6) is 0 Å². The van der Waals surface area contributed by atoms with E-state index in [-0.39, 0.29) is 5.76 Å². The molecule has 6 heteroatoms. The maximum Gasteiger partial charge on any atom is 0.374 e. The summed E-state index contributed by atoms with van der Waals surface area (Å²) in [5.41, 5.74) is 0.887. The summed E-state index contributed by atoms with van der Waals surface area (Å²) in [6.45, 7) is -0.434. The minimum Gasteiger partial charge on any atom is -0.457 e. The van der Waals surface area contributed by atoms with Gasteiger partial charge in [-0.2, -0.15) is 5.26 Å². The Morgan fingerprint density at radius 1 is 1.30 bits per heavy atom.